The number of guanidine groups is 2. The van der Waals surface area contributed by atoms with E-state index in [-0.39, 0.29) is 5.96 Å². The molecule has 2 amide bonds. The van der Waals surface area contributed by atoms with Gasteiger partial charge in [0, 0.05) is 18.8 Å². The van der Waals surface area contributed by atoms with Crippen LogP contribution < -0.4 is 16.8 Å². The summed E-state index contributed by atoms with van der Waals surface area (Å²) in [6.45, 7) is 5.62. The maximum Gasteiger partial charge on any atom is 0.348 e. The fourth-order valence-corrected chi connectivity index (χ4v) is 2.36. The maximum absolute atomic E-state index is 11.9. The summed E-state index contributed by atoms with van der Waals surface area (Å²) in [6.07, 6.45) is 2.17. The molecule has 1 aromatic carbocycles. The van der Waals surface area contributed by atoms with Gasteiger partial charge in [0.1, 0.15) is 0 Å². The van der Waals surface area contributed by atoms with Gasteiger partial charge in [-0.05, 0) is 38.3 Å². The maximum atomic E-state index is 11.9. The van der Waals surface area contributed by atoms with Gasteiger partial charge in [-0.3, -0.25) is 0 Å². The van der Waals surface area contributed by atoms with Crippen LogP contribution in [-0.2, 0) is 0 Å². The van der Waals surface area contributed by atoms with Crippen molar-refractivity contribution in [2.45, 2.75) is 26.7 Å². The summed E-state index contributed by atoms with van der Waals surface area (Å²) in [5.74, 6) is 0.157. The summed E-state index contributed by atoms with van der Waals surface area (Å²) >= 11 is 0. The van der Waals surface area contributed by atoms with Gasteiger partial charge < -0.3 is 21.7 Å². The van der Waals surface area contributed by atoms with E-state index in [1.165, 1.54) is 0 Å². The molecular weight excluding hydrogens is 280 g/mol. The number of carbonyl (C=O) groups excluding carboxylic acids is 1. The molecule has 0 aromatic heterocycles. The van der Waals surface area contributed by atoms with Crippen LogP contribution >= 0.6 is 0 Å². The molecule has 1 fully saturated rings. The molecule has 118 valence electrons. The molecular formula is C15H22N6O. The van der Waals surface area contributed by atoms with Crippen molar-refractivity contribution in [3.05, 3.63) is 29.3 Å². The van der Waals surface area contributed by atoms with Crippen molar-refractivity contribution in [3.8, 4) is 0 Å². The summed E-state index contributed by atoms with van der Waals surface area (Å²) in [4.78, 5) is 21.4. The van der Waals surface area contributed by atoms with Gasteiger partial charge in [0.15, 0.2) is 5.96 Å². The smallest absolute Gasteiger partial charge is 0.348 e. The van der Waals surface area contributed by atoms with Gasteiger partial charge in [-0.15, -0.1) is 0 Å². The van der Waals surface area contributed by atoms with Crippen LogP contribution in [0.4, 0.5) is 10.5 Å². The normalized spacial score (nSPS) is 16.0. The van der Waals surface area contributed by atoms with Crippen LogP contribution in [0.1, 0.15) is 24.0 Å². The summed E-state index contributed by atoms with van der Waals surface area (Å²) < 4.78 is 0. The Labute approximate surface area is 130 Å². The number of nitrogens with one attached hydrogen (secondary N) is 1. The molecule has 0 unspecified atom stereocenters. The summed E-state index contributed by atoms with van der Waals surface area (Å²) in [6, 6.07) is 5.16. The van der Waals surface area contributed by atoms with E-state index < -0.39 is 6.03 Å². The minimum atomic E-state index is -0.567. The molecule has 0 radical (unpaired) electrons. The number of urea groups is 1. The van der Waals surface area contributed by atoms with E-state index in [1.807, 2.05) is 36.9 Å². The summed E-state index contributed by atoms with van der Waals surface area (Å²) in [7, 11) is 0. The Balaban J connectivity index is 2.01. The molecule has 0 saturated carbocycles. The van der Waals surface area contributed by atoms with Gasteiger partial charge in [0.25, 0.3) is 0 Å². The lowest BCUT2D eigenvalue weighted by Crippen LogP contribution is -2.36. The van der Waals surface area contributed by atoms with Gasteiger partial charge in [-0.1, -0.05) is 17.7 Å². The molecule has 7 heteroatoms. The van der Waals surface area contributed by atoms with Crippen LogP contribution in [0.3, 0.4) is 0 Å². The highest BCUT2D eigenvalue weighted by Crippen LogP contribution is 2.16. The van der Waals surface area contributed by atoms with Crippen LogP contribution in [0, 0.1) is 13.8 Å². The van der Waals surface area contributed by atoms with E-state index in [2.05, 4.69) is 15.3 Å². The monoisotopic (exact) mass is 302 g/mol. The number of likely N-dealkylation sites (tertiary alicyclic amines) is 1. The molecule has 0 atom stereocenters. The Morgan fingerprint density at radius 3 is 2.50 bits per heavy atom. The SMILES string of the molecule is Cc1ccc(NC(=O)N=C(N)N=C(N)N2CCCC2)c(C)c1. The second-order valence-corrected chi connectivity index (χ2v) is 5.38. The minimum Gasteiger partial charge on any atom is -0.369 e. The van der Waals surface area contributed by atoms with Crippen molar-refractivity contribution in [3.63, 3.8) is 0 Å². The highest BCUT2D eigenvalue weighted by Gasteiger charge is 2.14. The van der Waals surface area contributed by atoms with Crippen molar-refractivity contribution in [2.24, 2.45) is 21.5 Å². The first kappa shape index (κ1) is 15.8. The highest BCUT2D eigenvalue weighted by atomic mass is 16.2. The number of nitrogens with zero attached hydrogens (tertiary/aromatic N) is 3. The molecule has 7 nitrogen and oxygen atoms in total. The molecule has 0 spiro atoms. The Morgan fingerprint density at radius 1 is 1.18 bits per heavy atom. The molecule has 0 aliphatic carbocycles. The number of amides is 2. The molecule has 1 aliphatic heterocycles. The topological polar surface area (TPSA) is 109 Å². The highest BCUT2D eigenvalue weighted by molar-refractivity contribution is 6.02. The van der Waals surface area contributed by atoms with E-state index in [9.17, 15) is 4.79 Å². The van der Waals surface area contributed by atoms with Crippen LogP contribution in [0.5, 0.6) is 0 Å². The first-order chi connectivity index (χ1) is 10.5. The lowest BCUT2D eigenvalue weighted by molar-refractivity contribution is 0.259. The number of hydrogen-bond donors (Lipinski definition) is 3. The quantitative estimate of drug-likeness (QED) is 0.540. The zero-order valence-corrected chi connectivity index (χ0v) is 13.0. The van der Waals surface area contributed by atoms with E-state index in [4.69, 9.17) is 11.5 Å². The van der Waals surface area contributed by atoms with E-state index in [0.29, 0.717) is 11.6 Å². The lowest BCUT2D eigenvalue weighted by Gasteiger charge is -2.15. The van der Waals surface area contributed by atoms with Crippen LogP contribution in [0.2, 0.25) is 0 Å². The molecule has 1 heterocycles. The number of aliphatic imine (C=N–C) groups is 2. The number of rotatable bonds is 1. The van der Waals surface area contributed by atoms with Crippen molar-refractivity contribution < 1.29 is 4.79 Å². The van der Waals surface area contributed by atoms with Crippen molar-refractivity contribution in [1.29, 1.82) is 0 Å². The third-order valence-corrected chi connectivity index (χ3v) is 3.50. The second-order valence-electron chi connectivity index (χ2n) is 5.38. The third-order valence-electron chi connectivity index (χ3n) is 3.50. The fourth-order valence-electron chi connectivity index (χ4n) is 2.36. The molecule has 0 bridgehead atoms. The Bertz CT molecular complexity index is 616. The minimum absolute atomic E-state index is 0.147. The molecule has 2 rings (SSSR count). The third kappa shape index (κ3) is 4.21. The number of anilines is 1. The molecule has 5 N–H and O–H groups in total. The number of benzene rings is 1. The largest absolute Gasteiger partial charge is 0.369 e. The van der Waals surface area contributed by atoms with Gasteiger partial charge in [0.05, 0.1) is 0 Å². The summed E-state index contributed by atoms with van der Waals surface area (Å²) in [5, 5.41) is 2.68. The average molecular weight is 302 g/mol. The van der Waals surface area contributed by atoms with Crippen LogP contribution in [0.25, 0.3) is 0 Å². The Morgan fingerprint density at radius 2 is 1.86 bits per heavy atom. The van der Waals surface area contributed by atoms with E-state index >= 15 is 0 Å². The van der Waals surface area contributed by atoms with Crippen LogP contribution in [-0.4, -0.2) is 35.9 Å². The van der Waals surface area contributed by atoms with Gasteiger partial charge in [-0.25, -0.2) is 4.79 Å². The van der Waals surface area contributed by atoms with E-state index in [1.54, 1.807) is 0 Å². The Hall–Kier alpha value is -2.57. The number of aryl methyl sites for hydroxylation is 2. The van der Waals surface area contributed by atoms with Crippen molar-refractivity contribution in [1.82, 2.24) is 4.90 Å². The average Bonchev–Trinajstić information content (AvgIpc) is 2.95. The second kappa shape index (κ2) is 6.93. The van der Waals surface area contributed by atoms with Gasteiger partial charge in [0.2, 0.25) is 5.96 Å². The molecule has 1 saturated heterocycles. The predicted molar refractivity (Wildman–Crippen MR) is 89.0 cm³/mol. The van der Waals surface area contributed by atoms with Gasteiger partial charge >= 0.3 is 6.03 Å². The standard InChI is InChI=1S/C15H22N6O/c1-10-5-6-12(11(2)9-10)18-15(22)20-13(16)19-14(17)21-7-3-4-8-21/h5-6,9H,3-4,7-8H2,1-2H3,(H5,16,17,18,19,20,22). The molecule has 1 aromatic rings. The molecule has 22 heavy (non-hydrogen) atoms. The lowest BCUT2D eigenvalue weighted by atomic mass is 10.1. The zero-order chi connectivity index (χ0) is 16.1. The predicted octanol–water partition coefficient (Wildman–Crippen LogP) is 1.56. The molecule has 1 aliphatic rings. The van der Waals surface area contributed by atoms with Crippen molar-refractivity contribution >= 4 is 23.6 Å². The first-order valence-electron chi connectivity index (χ1n) is 7.27. The van der Waals surface area contributed by atoms with Crippen LogP contribution in [0.15, 0.2) is 28.2 Å². The fraction of sp³-hybridized carbons (Fsp3) is 0.400. The zero-order valence-electron chi connectivity index (χ0n) is 13.0. The first-order valence-corrected chi connectivity index (χ1v) is 7.27. The number of hydrogen-bond acceptors (Lipinski definition) is 1. The van der Waals surface area contributed by atoms with Crippen molar-refractivity contribution in [2.75, 3.05) is 18.4 Å². The number of carbonyl (C=O) groups is 1. The van der Waals surface area contributed by atoms with E-state index in [0.717, 1.165) is 37.1 Å². The summed E-state index contributed by atoms with van der Waals surface area (Å²) in [5.41, 5.74) is 14.3. The number of nitrogens with two attached hydrogens (primary N) is 2. The van der Waals surface area contributed by atoms with Gasteiger partial charge in [-0.2, -0.15) is 9.98 Å². The Kier molecular flexibility index (Phi) is 4.98.